The Morgan fingerprint density at radius 2 is 1.87 bits per heavy atom. The summed E-state index contributed by atoms with van der Waals surface area (Å²) in [6.07, 6.45) is -0.492. The second kappa shape index (κ2) is 5.30. The molecule has 0 aromatic heterocycles. The Hall–Kier alpha value is -0.840. The van der Waals surface area contributed by atoms with Crippen LogP contribution in [0.4, 0.5) is 4.79 Å². The van der Waals surface area contributed by atoms with Crippen LogP contribution >= 0.6 is 12.2 Å². The molecule has 0 bridgehead atoms. The molecule has 0 radical (unpaired) electrons. The van der Waals surface area contributed by atoms with E-state index >= 15 is 0 Å². The third kappa shape index (κ3) is 6.28. The fraction of sp³-hybridized carbons (Fsp3) is 0.800. The predicted octanol–water partition coefficient (Wildman–Crippen LogP) is 1.82. The first-order valence-electron chi connectivity index (χ1n) is 4.92. The standard InChI is InChI=1S/C10H20N2O2S/c1-6(2)7(8(11)15)12-9(13)14-10(3,4)5/h6-7H,1-5H3,(H2,11,15)(H,12,13). The first-order chi connectivity index (χ1) is 6.63. The van der Waals surface area contributed by atoms with Crippen molar-refractivity contribution in [1.82, 2.24) is 5.32 Å². The molecule has 0 fully saturated rings. The summed E-state index contributed by atoms with van der Waals surface area (Å²) in [5.74, 6) is 0.148. The van der Waals surface area contributed by atoms with Crippen LogP contribution in [0.15, 0.2) is 0 Å². The van der Waals surface area contributed by atoms with Gasteiger partial charge in [-0.25, -0.2) is 4.79 Å². The molecular formula is C10H20N2O2S. The lowest BCUT2D eigenvalue weighted by molar-refractivity contribution is 0.0509. The van der Waals surface area contributed by atoms with Gasteiger partial charge in [-0.1, -0.05) is 26.1 Å². The highest BCUT2D eigenvalue weighted by atomic mass is 32.1. The lowest BCUT2D eigenvalue weighted by atomic mass is 10.1. The van der Waals surface area contributed by atoms with Gasteiger partial charge >= 0.3 is 6.09 Å². The Bertz CT molecular complexity index is 246. The van der Waals surface area contributed by atoms with Gasteiger partial charge in [0.25, 0.3) is 0 Å². The number of nitrogens with two attached hydrogens (primary N) is 1. The van der Waals surface area contributed by atoms with Gasteiger partial charge < -0.3 is 15.8 Å². The number of hydrogen-bond acceptors (Lipinski definition) is 3. The molecule has 1 atom stereocenters. The highest BCUT2D eigenvalue weighted by molar-refractivity contribution is 7.80. The van der Waals surface area contributed by atoms with E-state index in [0.717, 1.165) is 0 Å². The van der Waals surface area contributed by atoms with E-state index in [0.29, 0.717) is 0 Å². The minimum atomic E-state index is -0.512. The number of carbonyl (C=O) groups is 1. The number of nitrogens with one attached hydrogen (secondary N) is 1. The third-order valence-corrected chi connectivity index (χ3v) is 1.90. The largest absolute Gasteiger partial charge is 0.444 e. The quantitative estimate of drug-likeness (QED) is 0.729. The topological polar surface area (TPSA) is 64.3 Å². The average Bonchev–Trinajstić information content (AvgIpc) is 1.95. The Morgan fingerprint density at radius 3 is 2.13 bits per heavy atom. The summed E-state index contributed by atoms with van der Waals surface area (Å²) in [5, 5.41) is 2.65. The van der Waals surface area contributed by atoms with Crippen LogP contribution in [0, 0.1) is 5.92 Å². The molecule has 88 valence electrons. The number of rotatable bonds is 3. The number of alkyl carbamates (subject to hydrolysis) is 1. The van der Waals surface area contributed by atoms with E-state index in [-0.39, 0.29) is 16.9 Å². The van der Waals surface area contributed by atoms with Crippen molar-refractivity contribution in [2.75, 3.05) is 0 Å². The summed E-state index contributed by atoms with van der Waals surface area (Å²) in [4.78, 5) is 11.7. The van der Waals surface area contributed by atoms with Gasteiger partial charge in [0.05, 0.1) is 11.0 Å². The number of ether oxygens (including phenoxy) is 1. The van der Waals surface area contributed by atoms with Gasteiger partial charge in [-0.05, 0) is 26.7 Å². The number of amides is 1. The van der Waals surface area contributed by atoms with Crippen molar-refractivity contribution in [3.63, 3.8) is 0 Å². The molecule has 5 heteroatoms. The molecule has 0 aromatic rings. The molecular weight excluding hydrogens is 212 g/mol. The van der Waals surface area contributed by atoms with E-state index in [2.05, 4.69) is 5.32 Å². The van der Waals surface area contributed by atoms with Crippen LogP contribution in [-0.4, -0.2) is 22.7 Å². The van der Waals surface area contributed by atoms with Crippen molar-refractivity contribution in [2.24, 2.45) is 11.7 Å². The smallest absolute Gasteiger partial charge is 0.408 e. The Balaban J connectivity index is 4.31. The molecule has 3 N–H and O–H groups in total. The lowest BCUT2D eigenvalue weighted by Crippen LogP contribution is -2.48. The van der Waals surface area contributed by atoms with Gasteiger partial charge in [-0.3, -0.25) is 0 Å². The lowest BCUT2D eigenvalue weighted by Gasteiger charge is -2.24. The molecule has 15 heavy (non-hydrogen) atoms. The van der Waals surface area contributed by atoms with Crippen LogP contribution in [0.2, 0.25) is 0 Å². The summed E-state index contributed by atoms with van der Waals surface area (Å²) in [5.41, 5.74) is 5.00. The van der Waals surface area contributed by atoms with Crippen molar-refractivity contribution in [3.05, 3.63) is 0 Å². The van der Waals surface area contributed by atoms with Crippen molar-refractivity contribution < 1.29 is 9.53 Å². The maximum absolute atomic E-state index is 11.4. The average molecular weight is 232 g/mol. The summed E-state index contributed by atoms with van der Waals surface area (Å²) >= 11 is 4.86. The van der Waals surface area contributed by atoms with Crippen molar-refractivity contribution >= 4 is 23.3 Å². The van der Waals surface area contributed by atoms with E-state index in [9.17, 15) is 4.79 Å². The van der Waals surface area contributed by atoms with Crippen molar-refractivity contribution in [1.29, 1.82) is 0 Å². The second-order valence-electron chi connectivity index (χ2n) is 4.77. The second-order valence-corrected chi connectivity index (χ2v) is 5.24. The van der Waals surface area contributed by atoms with Gasteiger partial charge in [0.2, 0.25) is 0 Å². The Morgan fingerprint density at radius 1 is 1.40 bits per heavy atom. The van der Waals surface area contributed by atoms with Crippen LogP contribution in [0.3, 0.4) is 0 Å². The predicted molar refractivity (Wildman–Crippen MR) is 64.8 cm³/mol. The molecule has 1 amide bonds. The van der Waals surface area contributed by atoms with Gasteiger partial charge in [-0.15, -0.1) is 0 Å². The molecule has 0 aromatic carbocycles. The molecule has 0 heterocycles. The summed E-state index contributed by atoms with van der Waals surface area (Å²) in [7, 11) is 0. The SMILES string of the molecule is CC(C)C(NC(=O)OC(C)(C)C)C(N)=S. The van der Waals surface area contributed by atoms with Crippen LogP contribution in [0.25, 0.3) is 0 Å². The summed E-state index contributed by atoms with van der Waals surface area (Å²) in [6, 6.07) is -0.324. The van der Waals surface area contributed by atoms with Gasteiger partial charge in [0.15, 0.2) is 0 Å². The van der Waals surface area contributed by atoms with E-state index in [4.69, 9.17) is 22.7 Å². The molecule has 0 saturated carbocycles. The Kier molecular flexibility index (Phi) is 5.00. The zero-order valence-corrected chi connectivity index (χ0v) is 10.8. The monoisotopic (exact) mass is 232 g/mol. The first kappa shape index (κ1) is 14.2. The normalized spacial score (nSPS) is 13.5. The molecule has 0 rings (SSSR count). The van der Waals surface area contributed by atoms with Gasteiger partial charge in [0, 0.05) is 0 Å². The molecule has 0 aliphatic rings. The molecule has 0 spiro atoms. The van der Waals surface area contributed by atoms with Gasteiger partial charge in [-0.2, -0.15) is 0 Å². The highest BCUT2D eigenvalue weighted by Gasteiger charge is 2.22. The fourth-order valence-corrected chi connectivity index (χ4v) is 1.33. The molecule has 0 aliphatic carbocycles. The van der Waals surface area contributed by atoms with Crippen LogP contribution < -0.4 is 11.1 Å². The number of hydrogen-bond donors (Lipinski definition) is 2. The van der Waals surface area contributed by atoms with Crippen molar-refractivity contribution in [2.45, 2.75) is 46.3 Å². The van der Waals surface area contributed by atoms with E-state index in [1.807, 2.05) is 13.8 Å². The molecule has 0 aliphatic heterocycles. The maximum atomic E-state index is 11.4. The molecule has 1 unspecified atom stereocenters. The van der Waals surface area contributed by atoms with E-state index < -0.39 is 11.7 Å². The minimum absolute atomic E-state index is 0.148. The van der Waals surface area contributed by atoms with Gasteiger partial charge in [0.1, 0.15) is 5.60 Å². The molecule has 4 nitrogen and oxygen atoms in total. The summed E-state index contributed by atoms with van der Waals surface area (Å²) < 4.78 is 5.10. The van der Waals surface area contributed by atoms with Crippen LogP contribution in [0.1, 0.15) is 34.6 Å². The number of thiocarbonyl (C=S) groups is 1. The van der Waals surface area contributed by atoms with Crippen molar-refractivity contribution in [3.8, 4) is 0 Å². The van der Waals surface area contributed by atoms with E-state index in [1.165, 1.54) is 0 Å². The maximum Gasteiger partial charge on any atom is 0.408 e. The third-order valence-electron chi connectivity index (χ3n) is 1.65. The number of carbonyl (C=O) groups excluding carboxylic acids is 1. The van der Waals surface area contributed by atoms with Crippen LogP contribution in [-0.2, 0) is 4.74 Å². The van der Waals surface area contributed by atoms with E-state index in [1.54, 1.807) is 20.8 Å². The zero-order chi connectivity index (χ0) is 12.2. The molecule has 0 saturated heterocycles. The highest BCUT2D eigenvalue weighted by Crippen LogP contribution is 2.08. The minimum Gasteiger partial charge on any atom is -0.444 e. The first-order valence-corrected chi connectivity index (χ1v) is 5.33. The zero-order valence-electron chi connectivity index (χ0n) is 9.96. The Labute approximate surface area is 96.5 Å². The van der Waals surface area contributed by atoms with Crippen LogP contribution in [0.5, 0.6) is 0 Å². The fourth-order valence-electron chi connectivity index (χ4n) is 1.00. The summed E-state index contributed by atoms with van der Waals surface area (Å²) in [6.45, 7) is 9.27.